The van der Waals surface area contributed by atoms with Gasteiger partial charge < -0.3 is 10.6 Å². The molecule has 0 amide bonds. The zero-order valence-electron chi connectivity index (χ0n) is 10.2. The van der Waals surface area contributed by atoms with Crippen molar-refractivity contribution in [2.24, 2.45) is 0 Å². The average molecular weight is 276 g/mol. The summed E-state index contributed by atoms with van der Waals surface area (Å²) in [6, 6.07) is 5.94. The monoisotopic (exact) mass is 276 g/mol. The minimum Gasteiger partial charge on any atom is -0.351 e. The summed E-state index contributed by atoms with van der Waals surface area (Å²) in [6.45, 7) is 0. The van der Waals surface area contributed by atoms with Crippen LogP contribution in [0.25, 0.3) is 0 Å². The summed E-state index contributed by atoms with van der Waals surface area (Å²) >= 11 is 5.16. The van der Waals surface area contributed by atoms with Crippen molar-refractivity contribution in [2.45, 2.75) is 25.3 Å². The molecule has 3 rings (SSSR count). The van der Waals surface area contributed by atoms with Gasteiger partial charge in [-0.05, 0) is 42.8 Å². The number of rotatable bonds is 1. The first-order valence-electron chi connectivity index (χ1n) is 6.24. The first-order valence-corrected chi connectivity index (χ1v) is 6.65. The maximum absolute atomic E-state index is 13.4. The summed E-state index contributed by atoms with van der Waals surface area (Å²) in [5.41, 5.74) is 2.31. The Labute approximate surface area is 115 Å². The lowest BCUT2D eigenvalue weighted by atomic mass is 9.85. The Kier molecular flexibility index (Phi) is 3.06. The molecular weight excluding hydrogens is 263 g/mol. The molecule has 1 atom stereocenters. The second-order valence-corrected chi connectivity index (χ2v) is 5.16. The molecule has 0 unspecified atom stereocenters. The zero-order valence-corrected chi connectivity index (χ0v) is 11.0. The fourth-order valence-corrected chi connectivity index (χ4v) is 2.88. The molecule has 2 aliphatic rings. The van der Waals surface area contributed by atoms with E-state index in [2.05, 4.69) is 10.6 Å². The SMILES string of the molecule is O=C1CCCC2=C1[C@H](c1cccc(F)c1)NC(=S)N2. The molecular formula is C14H13FN2OS. The van der Waals surface area contributed by atoms with Gasteiger partial charge in [0.1, 0.15) is 5.82 Å². The highest BCUT2D eigenvalue weighted by Crippen LogP contribution is 2.33. The van der Waals surface area contributed by atoms with Crippen molar-refractivity contribution < 1.29 is 9.18 Å². The molecule has 1 heterocycles. The fourth-order valence-electron chi connectivity index (χ4n) is 2.64. The highest BCUT2D eigenvalue weighted by molar-refractivity contribution is 7.80. The molecule has 5 heteroatoms. The van der Waals surface area contributed by atoms with Crippen LogP contribution in [0, 0.1) is 5.82 Å². The Balaban J connectivity index is 2.08. The molecule has 98 valence electrons. The number of allylic oxidation sites excluding steroid dienone is 1. The molecule has 0 saturated heterocycles. The topological polar surface area (TPSA) is 41.1 Å². The van der Waals surface area contributed by atoms with Gasteiger partial charge in [-0.1, -0.05) is 12.1 Å². The lowest BCUT2D eigenvalue weighted by Crippen LogP contribution is -2.46. The van der Waals surface area contributed by atoms with E-state index in [1.165, 1.54) is 12.1 Å². The van der Waals surface area contributed by atoms with E-state index >= 15 is 0 Å². The number of Topliss-reactive ketones (excluding diaryl/α,β-unsaturated/α-hetero) is 1. The molecule has 19 heavy (non-hydrogen) atoms. The Morgan fingerprint density at radius 2 is 2.16 bits per heavy atom. The lowest BCUT2D eigenvalue weighted by molar-refractivity contribution is -0.116. The van der Waals surface area contributed by atoms with Crippen molar-refractivity contribution in [3.8, 4) is 0 Å². The number of thiocarbonyl (C=S) groups is 1. The van der Waals surface area contributed by atoms with Gasteiger partial charge in [0.25, 0.3) is 0 Å². The van der Waals surface area contributed by atoms with E-state index in [9.17, 15) is 9.18 Å². The molecule has 1 aromatic carbocycles. The summed E-state index contributed by atoms with van der Waals surface area (Å²) in [7, 11) is 0. The first-order chi connectivity index (χ1) is 9.15. The van der Waals surface area contributed by atoms with Gasteiger partial charge in [0.2, 0.25) is 0 Å². The van der Waals surface area contributed by atoms with Crippen LogP contribution in [-0.2, 0) is 4.79 Å². The molecule has 2 N–H and O–H groups in total. The van der Waals surface area contributed by atoms with Gasteiger partial charge >= 0.3 is 0 Å². The average Bonchev–Trinajstić information content (AvgIpc) is 2.37. The minimum absolute atomic E-state index is 0.109. The van der Waals surface area contributed by atoms with Crippen LogP contribution in [0.1, 0.15) is 30.9 Å². The van der Waals surface area contributed by atoms with Gasteiger partial charge in [-0.15, -0.1) is 0 Å². The third kappa shape index (κ3) is 2.26. The van der Waals surface area contributed by atoms with Crippen molar-refractivity contribution in [1.29, 1.82) is 0 Å². The molecule has 0 saturated carbocycles. The number of carbonyl (C=O) groups excluding carboxylic acids is 1. The van der Waals surface area contributed by atoms with Crippen molar-refractivity contribution in [2.75, 3.05) is 0 Å². The van der Waals surface area contributed by atoms with Crippen LogP contribution in [0.15, 0.2) is 35.5 Å². The number of hydrogen-bond donors (Lipinski definition) is 2. The minimum atomic E-state index is -0.341. The van der Waals surface area contributed by atoms with Gasteiger partial charge in [0, 0.05) is 17.7 Å². The van der Waals surface area contributed by atoms with Crippen LogP contribution in [0.5, 0.6) is 0 Å². The third-order valence-electron chi connectivity index (χ3n) is 3.47. The molecule has 0 bridgehead atoms. The quantitative estimate of drug-likeness (QED) is 0.773. The molecule has 1 aliphatic heterocycles. The van der Waals surface area contributed by atoms with Crippen molar-refractivity contribution in [1.82, 2.24) is 10.6 Å². The summed E-state index contributed by atoms with van der Waals surface area (Å²) in [5, 5.41) is 6.60. The van der Waals surface area contributed by atoms with Crippen LogP contribution in [-0.4, -0.2) is 10.9 Å². The van der Waals surface area contributed by atoms with E-state index < -0.39 is 0 Å². The van der Waals surface area contributed by atoms with Crippen LogP contribution in [0.4, 0.5) is 4.39 Å². The number of ketones is 1. The molecule has 0 spiro atoms. The van der Waals surface area contributed by atoms with E-state index in [0.29, 0.717) is 17.1 Å². The lowest BCUT2D eigenvalue weighted by Gasteiger charge is -2.33. The number of benzene rings is 1. The van der Waals surface area contributed by atoms with Gasteiger partial charge in [0.05, 0.1) is 6.04 Å². The highest BCUT2D eigenvalue weighted by Gasteiger charge is 2.33. The van der Waals surface area contributed by atoms with Gasteiger partial charge in [-0.2, -0.15) is 0 Å². The van der Waals surface area contributed by atoms with E-state index in [-0.39, 0.29) is 17.6 Å². The summed E-state index contributed by atoms with van der Waals surface area (Å²) in [4.78, 5) is 12.1. The molecule has 0 radical (unpaired) electrons. The molecule has 0 fully saturated rings. The number of hydrogen-bond acceptors (Lipinski definition) is 2. The Bertz CT molecular complexity index is 597. The van der Waals surface area contributed by atoms with Crippen LogP contribution < -0.4 is 10.6 Å². The predicted octanol–water partition coefficient (Wildman–Crippen LogP) is 2.35. The maximum Gasteiger partial charge on any atom is 0.171 e. The molecule has 0 aromatic heterocycles. The molecule has 1 aromatic rings. The van der Waals surface area contributed by atoms with Crippen molar-refractivity contribution in [3.05, 3.63) is 46.9 Å². The number of carbonyl (C=O) groups is 1. The third-order valence-corrected chi connectivity index (χ3v) is 3.69. The zero-order chi connectivity index (χ0) is 13.4. The normalized spacial score (nSPS) is 22.7. The summed E-state index contributed by atoms with van der Waals surface area (Å²) in [5.74, 6) is -0.202. The van der Waals surface area contributed by atoms with Gasteiger partial charge in [-0.3, -0.25) is 4.79 Å². The maximum atomic E-state index is 13.4. The van der Waals surface area contributed by atoms with Gasteiger partial charge in [0.15, 0.2) is 10.9 Å². The number of nitrogens with one attached hydrogen (secondary N) is 2. The first kappa shape index (κ1) is 12.3. The fraction of sp³-hybridized carbons (Fsp3) is 0.286. The van der Waals surface area contributed by atoms with E-state index in [1.807, 2.05) is 0 Å². The summed E-state index contributed by atoms with van der Waals surface area (Å²) < 4.78 is 13.4. The largest absolute Gasteiger partial charge is 0.351 e. The Hall–Kier alpha value is -1.75. The van der Waals surface area contributed by atoms with Gasteiger partial charge in [-0.25, -0.2) is 4.39 Å². The second kappa shape index (κ2) is 4.74. The summed E-state index contributed by atoms with van der Waals surface area (Å²) in [6.07, 6.45) is 2.19. The van der Waals surface area contributed by atoms with Crippen LogP contribution >= 0.6 is 12.2 Å². The van der Waals surface area contributed by atoms with Crippen LogP contribution in [0.2, 0.25) is 0 Å². The van der Waals surface area contributed by atoms with E-state index in [1.54, 1.807) is 12.1 Å². The Morgan fingerprint density at radius 3 is 2.95 bits per heavy atom. The van der Waals surface area contributed by atoms with E-state index in [0.717, 1.165) is 24.1 Å². The molecule has 3 nitrogen and oxygen atoms in total. The smallest absolute Gasteiger partial charge is 0.171 e. The standard InChI is InChI=1S/C14H13FN2OS/c15-9-4-1-3-8(7-9)13-12-10(16-14(19)17-13)5-2-6-11(12)18/h1,3-4,7,13H,2,5-6H2,(H2,16,17,19)/t13-/m0/s1. The molecule has 1 aliphatic carbocycles. The predicted molar refractivity (Wildman–Crippen MR) is 73.9 cm³/mol. The second-order valence-electron chi connectivity index (χ2n) is 4.76. The number of halogens is 1. The Morgan fingerprint density at radius 1 is 1.32 bits per heavy atom. The highest BCUT2D eigenvalue weighted by atomic mass is 32.1. The van der Waals surface area contributed by atoms with Crippen molar-refractivity contribution in [3.63, 3.8) is 0 Å². The van der Waals surface area contributed by atoms with E-state index in [4.69, 9.17) is 12.2 Å². The van der Waals surface area contributed by atoms with Crippen LogP contribution in [0.3, 0.4) is 0 Å². The van der Waals surface area contributed by atoms with Crippen molar-refractivity contribution >= 4 is 23.1 Å².